The van der Waals surface area contributed by atoms with E-state index in [4.69, 9.17) is 10.5 Å². The van der Waals surface area contributed by atoms with Gasteiger partial charge in [0.2, 0.25) is 0 Å². The maximum absolute atomic E-state index is 13.2. The number of ether oxygens (including phenoxy) is 1. The lowest BCUT2D eigenvalue weighted by Crippen LogP contribution is -2.29. The van der Waals surface area contributed by atoms with Crippen LogP contribution in [0, 0.1) is 5.82 Å². The predicted octanol–water partition coefficient (Wildman–Crippen LogP) is 2.10. The number of nitrogen functional groups attached to an aromatic ring is 1. The van der Waals surface area contributed by atoms with Crippen LogP contribution in [0.3, 0.4) is 0 Å². The smallest absolute Gasteiger partial charge is 0.253 e. The van der Waals surface area contributed by atoms with Gasteiger partial charge in [-0.1, -0.05) is 18.9 Å². The van der Waals surface area contributed by atoms with Crippen LogP contribution in [0.2, 0.25) is 0 Å². The SMILES string of the molecule is Nc1c(F)cccc1C(=O)NCCOC1CCCC1. The van der Waals surface area contributed by atoms with Crippen LogP contribution >= 0.6 is 0 Å². The van der Waals surface area contributed by atoms with Gasteiger partial charge in [-0.25, -0.2) is 4.39 Å². The Bertz CT molecular complexity index is 445. The third-order valence-corrected chi connectivity index (χ3v) is 3.34. The van der Waals surface area contributed by atoms with Crippen LogP contribution in [0.4, 0.5) is 10.1 Å². The summed E-state index contributed by atoms with van der Waals surface area (Å²) in [6.07, 6.45) is 4.97. The number of rotatable bonds is 5. The molecule has 1 saturated carbocycles. The average molecular weight is 266 g/mol. The topological polar surface area (TPSA) is 64.4 Å². The lowest BCUT2D eigenvalue weighted by Gasteiger charge is -2.12. The first-order valence-corrected chi connectivity index (χ1v) is 6.62. The number of nitrogens with two attached hydrogens (primary N) is 1. The minimum atomic E-state index is -0.574. The zero-order valence-electron chi connectivity index (χ0n) is 10.8. The fourth-order valence-electron chi connectivity index (χ4n) is 2.28. The summed E-state index contributed by atoms with van der Waals surface area (Å²) in [6.45, 7) is 0.886. The van der Waals surface area contributed by atoms with Crippen molar-refractivity contribution in [3.05, 3.63) is 29.6 Å². The van der Waals surface area contributed by atoms with E-state index in [0.717, 1.165) is 12.8 Å². The van der Waals surface area contributed by atoms with E-state index in [0.29, 0.717) is 19.3 Å². The number of carbonyl (C=O) groups is 1. The van der Waals surface area contributed by atoms with Gasteiger partial charge in [0.25, 0.3) is 5.91 Å². The number of halogens is 1. The van der Waals surface area contributed by atoms with Crippen molar-refractivity contribution < 1.29 is 13.9 Å². The Kier molecular flexibility index (Phi) is 4.74. The molecule has 1 aliphatic rings. The van der Waals surface area contributed by atoms with E-state index in [9.17, 15) is 9.18 Å². The van der Waals surface area contributed by atoms with Crippen molar-refractivity contribution in [1.82, 2.24) is 5.32 Å². The molecule has 4 nitrogen and oxygen atoms in total. The number of hydrogen-bond acceptors (Lipinski definition) is 3. The highest BCUT2D eigenvalue weighted by molar-refractivity contribution is 5.99. The predicted molar refractivity (Wildman–Crippen MR) is 71.4 cm³/mol. The summed E-state index contributed by atoms with van der Waals surface area (Å²) in [5, 5.41) is 2.68. The number of para-hydroxylation sites is 1. The molecule has 104 valence electrons. The lowest BCUT2D eigenvalue weighted by atomic mass is 10.1. The first kappa shape index (κ1) is 13.8. The molecule has 0 atom stereocenters. The fourth-order valence-corrected chi connectivity index (χ4v) is 2.28. The second-order valence-electron chi connectivity index (χ2n) is 4.73. The summed E-state index contributed by atoms with van der Waals surface area (Å²) in [4.78, 5) is 11.8. The number of amides is 1. The summed E-state index contributed by atoms with van der Waals surface area (Å²) in [5.74, 6) is -0.943. The van der Waals surface area contributed by atoms with Crippen molar-refractivity contribution in [2.45, 2.75) is 31.8 Å². The monoisotopic (exact) mass is 266 g/mol. The van der Waals surface area contributed by atoms with Crippen molar-refractivity contribution in [3.8, 4) is 0 Å². The molecular weight excluding hydrogens is 247 g/mol. The Morgan fingerprint density at radius 1 is 1.42 bits per heavy atom. The molecule has 0 aliphatic heterocycles. The van der Waals surface area contributed by atoms with E-state index in [1.54, 1.807) is 0 Å². The molecule has 0 spiro atoms. The Morgan fingerprint density at radius 3 is 2.89 bits per heavy atom. The van der Waals surface area contributed by atoms with Crippen LogP contribution in [0.25, 0.3) is 0 Å². The first-order chi connectivity index (χ1) is 9.18. The van der Waals surface area contributed by atoms with Crippen LogP contribution in [0.5, 0.6) is 0 Å². The molecular formula is C14H19FN2O2. The van der Waals surface area contributed by atoms with Gasteiger partial charge in [-0.15, -0.1) is 0 Å². The molecule has 3 N–H and O–H groups in total. The molecule has 1 aromatic carbocycles. The number of benzene rings is 1. The maximum Gasteiger partial charge on any atom is 0.253 e. The van der Waals surface area contributed by atoms with Crippen LogP contribution in [0.15, 0.2) is 18.2 Å². The number of carbonyl (C=O) groups excluding carboxylic acids is 1. The number of anilines is 1. The van der Waals surface area contributed by atoms with E-state index >= 15 is 0 Å². The van der Waals surface area contributed by atoms with Crippen LogP contribution in [-0.4, -0.2) is 25.2 Å². The van der Waals surface area contributed by atoms with E-state index < -0.39 is 5.82 Å². The molecule has 1 fully saturated rings. The molecule has 1 aromatic rings. The van der Waals surface area contributed by atoms with Crippen molar-refractivity contribution in [3.63, 3.8) is 0 Å². The summed E-state index contributed by atoms with van der Waals surface area (Å²) in [5.41, 5.74) is 5.57. The van der Waals surface area contributed by atoms with Crippen LogP contribution in [0.1, 0.15) is 36.0 Å². The molecule has 0 saturated heterocycles. The second-order valence-corrected chi connectivity index (χ2v) is 4.73. The first-order valence-electron chi connectivity index (χ1n) is 6.62. The van der Waals surface area contributed by atoms with Crippen molar-refractivity contribution >= 4 is 11.6 Å². The molecule has 2 rings (SSSR count). The Balaban J connectivity index is 1.76. The zero-order chi connectivity index (χ0) is 13.7. The minimum Gasteiger partial charge on any atom is -0.396 e. The Morgan fingerprint density at radius 2 is 2.16 bits per heavy atom. The van der Waals surface area contributed by atoms with Crippen molar-refractivity contribution in [2.75, 3.05) is 18.9 Å². The molecule has 19 heavy (non-hydrogen) atoms. The van der Waals surface area contributed by atoms with Crippen molar-refractivity contribution in [1.29, 1.82) is 0 Å². The molecule has 0 radical (unpaired) electrons. The van der Waals surface area contributed by atoms with Gasteiger partial charge < -0.3 is 15.8 Å². The normalized spacial score (nSPS) is 15.6. The van der Waals surface area contributed by atoms with Gasteiger partial charge in [0, 0.05) is 6.54 Å². The molecule has 0 aromatic heterocycles. The summed E-state index contributed by atoms with van der Waals surface area (Å²) in [7, 11) is 0. The van der Waals surface area contributed by atoms with E-state index in [2.05, 4.69) is 5.32 Å². The largest absolute Gasteiger partial charge is 0.396 e. The Hall–Kier alpha value is -1.62. The fraction of sp³-hybridized carbons (Fsp3) is 0.500. The second kappa shape index (κ2) is 6.52. The summed E-state index contributed by atoms with van der Waals surface area (Å²) >= 11 is 0. The molecule has 5 heteroatoms. The van der Waals surface area contributed by atoms with Gasteiger partial charge in [0.1, 0.15) is 5.82 Å². The van der Waals surface area contributed by atoms with Gasteiger partial charge >= 0.3 is 0 Å². The van der Waals surface area contributed by atoms with Crippen LogP contribution < -0.4 is 11.1 Å². The molecule has 0 unspecified atom stereocenters. The zero-order valence-corrected chi connectivity index (χ0v) is 10.8. The highest BCUT2D eigenvalue weighted by Crippen LogP contribution is 2.20. The van der Waals surface area contributed by atoms with Gasteiger partial charge in [-0.2, -0.15) is 0 Å². The summed E-state index contributed by atoms with van der Waals surface area (Å²) in [6, 6.07) is 4.20. The van der Waals surface area contributed by atoms with Gasteiger partial charge in [-0.05, 0) is 25.0 Å². The molecule has 1 amide bonds. The standard InChI is InChI=1S/C14H19FN2O2/c15-12-7-3-6-11(13(12)16)14(18)17-8-9-19-10-4-1-2-5-10/h3,6-7,10H,1-2,4-5,8-9,16H2,(H,17,18). The third-order valence-electron chi connectivity index (χ3n) is 3.34. The van der Waals surface area contributed by atoms with E-state index in [1.165, 1.54) is 31.0 Å². The van der Waals surface area contributed by atoms with Crippen molar-refractivity contribution in [2.24, 2.45) is 0 Å². The van der Waals surface area contributed by atoms with Gasteiger partial charge in [-0.3, -0.25) is 4.79 Å². The quantitative estimate of drug-likeness (QED) is 0.633. The number of nitrogens with one attached hydrogen (secondary N) is 1. The van der Waals surface area contributed by atoms with Gasteiger partial charge in [0.05, 0.1) is 24.0 Å². The highest BCUT2D eigenvalue weighted by Gasteiger charge is 2.15. The molecule has 0 bridgehead atoms. The minimum absolute atomic E-state index is 0.114. The van der Waals surface area contributed by atoms with E-state index in [1.807, 2.05) is 0 Å². The Labute approximate surface area is 112 Å². The lowest BCUT2D eigenvalue weighted by molar-refractivity contribution is 0.0582. The molecule has 1 aliphatic carbocycles. The molecule has 0 heterocycles. The maximum atomic E-state index is 13.2. The highest BCUT2D eigenvalue weighted by atomic mass is 19.1. The average Bonchev–Trinajstić information content (AvgIpc) is 2.91. The van der Waals surface area contributed by atoms with Crippen LogP contribution in [-0.2, 0) is 4.74 Å². The van der Waals surface area contributed by atoms with Gasteiger partial charge in [0.15, 0.2) is 0 Å². The third kappa shape index (κ3) is 3.67. The number of hydrogen-bond donors (Lipinski definition) is 2. The van der Waals surface area contributed by atoms with E-state index in [-0.39, 0.29) is 17.2 Å². The summed E-state index contributed by atoms with van der Waals surface area (Å²) < 4.78 is 18.8.